The lowest BCUT2D eigenvalue weighted by atomic mass is 10.2. The molecule has 190 valence electrons. The Balaban J connectivity index is 1.61. The largest absolute Gasteiger partial charge is 0.480 e. The minimum Gasteiger partial charge on any atom is -0.480 e. The summed E-state index contributed by atoms with van der Waals surface area (Å²) in [4.78, 5) is 40.8. The van der Waals surface area contributed by atoms with Crippen LogP contribution in [0.5, 0.6) is 0 Å². The van der Waals surface area contributed by atoms with Crippen LogP contribution < -0.4 is 19.7 Å². The molecule has 1 N–H and O–H groups in total. The second-order valence-corrected chi connectivity index (χ2v) is 13.0. The summed E-state index contributed by atoms with van der Waals surface area (Å²) in [5, 5.41) is 9.30. The van der Waals surface area contributed by atoms with E-state index < -0.39 is 27.9 Å². The summed E-state index contributed by atoms with van der Waals surface area (Å²) in [7, 11) is -2.94. The van der Waals surface area contributed by atoms with Crippen molar-refractivity contribution in [3.8, 4) is 0 Å². The van der Waals surface area contributed by atoms with Crippen LogP contribution in [-0.4, -0.2) is 70.3 Å². The highest BCUT2D eigenvalue weighted by atomic mass is 32.2. The summed E-state index contributed by atoms with van der Waals surface area (Å²) in [5.74, 6) is -1.22. The zero-order valence-electron chi connectivity index (χ0n) is 19.2. The van der Waals surface area contributed by atoms with Gasteiger partial charge in [-0.3, -0.25) is 23.9 Å². The second kappa shape index (κ2) is 10.7. The SMILES string of the molecule is CCN1C(=O)C(=c2sc(=CC=Cc3ccc(N4CCS(=O)(=O)CC4)cc3)c(=O)n2CC(=O)O)SC1=S. The third kappa shape index (κ3) is 5.64. The smallest absolute Gasteiger partial charge is 0.323 e. The first-order valence-corrected chi connectivity index (χ1v) is 14.9. The summed E-state index contributed by atoms with van der Waals surface area (Å²) < 4.78 is 25.3. The molecule has 9 nitrogen and oxygen atoms in total. The van der Waals surface area contributed by atoms with E-state index in [-0.39, 0.29) is 27.0 Å². The highest BCUT2D eigenvalue weighted by Gasteiger charge is 2.33. The number of hydrogen-bond acceptors (Lipinski definition) is 9. The van der Waals surface area contributed by atoms with Crippen molar-refractivity contribution in [1.82, 2.24) is 9.47 Å². The van der Waals surface area contributed by atoms with Crippen molar-refractivity contribution < 1.29 is 23.1 Å². The van der Waals surface area contributed by atoms with E-state index in [4.69, 9.17) is 12.2 Å². The summed E-state index contributed by atoms with van der Waals surface area (Å²) in [6.45, 7) is 2.56. The number of amides is 1. The number of benzene rings is 1. The Kier molecular flexibility index (Phi) is 7.83. The number of carbonyl (C=O) groups excluding carboxylic acids is 1. The number of hydrogen-bond donors (Lipinski definition) is 1. The molecule has 0 spiro atoms. The van der Waals surface area contributed by atoms with Crippen LogP contribution in [0.4, 0.5) is 5.69 Å². The zero-order chi connectivity index (χ0) is 26.0. The molecular formula is C23H23N3O6S4. The maximum Gasteiger partial charge on any atom is 0.323 e. The van der Waals surface area contributed by atoms with Crippen molar-refractivity contribution in [1.29, 1.82) is 0 Å². The number of carbonyl (C=O) groups is 2. The molecule has 0 bridgehead atoms. The minimum atomic E-state index is -2.94. The number of rotatable bonds is 6. The van der Waals surface area contributed by atoms with Crippen LogP contribution in [0.1, 0.15) is 12.5 Å². The lowest BCUT2D eigenvalue weighted by molar-refractivity contribution is -0.137. The lowest BCUT2D eigenvalue weighted by Crippen LogP contribution is -2.40. The molecule has 2 aliphatic heterocycles. The predicted octanol–water partition coefficient (Wildman–Crippen LogP) is 0.712. The number of nitrogens with zero attached hydrogens (tertiary/aromatic N) is 3. The van der Waals surface area contributed by atoms with E-state index in [9.17, 15) is 27.9 Å². The van der Waals surface area contributed by atoms with Gasteiger partial charge in [0.15, 0.2) is 9.84 Å². The first-order chi connectivity index (χ1) is 17.1. The number of aromatic nitrogens is 1. The van der Waals surface area contributed by atoms with Crippen molar-refractivity contribution in [3.63, 3.8) is 0 Å². The molecule has 4 rings (SSSR count). The van der Waals surface area contributed by atoms with Gasteiger partial charge in [0.05, 0.1) is 16.0 Å². The fourth-order valence-electron chi connectivity index (χ4n) is 3.79. The van der Waals surface area contributed by atoms with Gasteiger partial charge in [-0.15, -0.1) is 11.3 Å². The standard InChI is InChI=1S/C23H23N3O6S4/c1-2-25-21(30)19(35-23(25)33)22-26(14-18(27)28)20(29)17(34-22)5-3-4-15-6-8-16(9-7-15)24-10-12-36(31,32)13-11-24/h3-9H,2,10-14H2,1H3,(H,27,28). The van der Waals surface area contributed by atoms with Gasteiger partial charge in [0, 0.05) is 25.3 Å². The molecule has 2 aromatic rings. The van der Waals surface area contributed by atoms with Gasteiger partial charge in [0.25, 0.3) is 11.5 Å². The monoisotopic (exact) mass is 565 g/mol. The Morgan fingerprint density at radius 3 is 2.42 bits per heavy atom. The fourth-order valence-corrected chi connectivity index (χ4v) is 7.59. The molecule has 36 heavy (non-hydrogen) atoms. The zero-order valence-corrected chi connectivity index (χ0v) is 22.5. The number of aliphatic carboxylic acids is 1. The summed E-state index contributed by atoms with van der Waals surface area (Å²) >= 11 is 7.38. The van der Waals surface area contributed by atoms with Crippen LogP contribution in [0.2, 0.25) is 0 Å². The van der Waals surface area contributed by atoms with Gasteiger partial charge in [0.2, 0.25) is 0 Å². The predicted molar refractivity (Wildman–Crippen MR) is 147 cm³/mol. The topological polar surface area (TPSA) is 117 Å². The third-order valence-corrected chi connectivity index (χ3v) is 10.0. The van der Waals surface area contributed by atoms with Gasteiger partial charge in [-0.2, -0.15) is 0 Å². The molecule has 0 saturated carbocycles. The van der Waals surface area contributed by atoms with Crippen LogP contribution in [0.15, 0.2) is 35.1 Å². The van der Waals surface area contributed by atoms with Crippen molar-refractivity contribution in [2.24, 2.45) is 0 Å². The molecule has 3 heterocycles. The van der Waals surface area contributed by atoms with Gasteiger partial charge in [-0.1, -0.05) is 48.3 Å². The van der Waals surface area contributed by atoms with Crippen LogP contribution in [-0.2, 0) is 26.0 Å². The van der Waals surface area contributed by atoms with Gasteiger partial charge < -0.3 is 10.0 Å². The normalized spacial score (nSPS) is 20.1. The molecule has 2 aliphatic rings. The van der Waals surface area contributed by atoms with E-state index in [0.29, 0.717) is 28.5 Å². The molecule has 2 fully saturated rings. The molecule has 2 saturated heterocycles. The molecule has 13 heteroatoms. The first kappa shape index (κ1) is 26.3. The quantitative estimate of drug-likeness (QED) is 0.506. The highest BCUT2D eigenvalue weighted by molar-refractivity contribution is 8.30. The van der Waals surface area contributed by atoms with Crippen molar-refractivity contribution in [2.75, 3.05) is 36.0 Å². The number of thioether (sulfide) groups is 1. The molecule has 0 radical (unpaired) electrons. The van der Waals surface area contributed by atoms with E-state index in [1.54, 1.807) is 25.2 Å². The molecule has 0 aliphatic carbocycles. The fraction of sp³-hybridized carbons (Fsp3) is 0.304. The number of carboxylic acid groups (broad SMARTS) is 1. The second-order valence-electron chi connectivity index (χ2n) is 8.06. The van der Waals surface area contributed by atoms with Gasteiger partial charge in [-0.25, -0.2) is 8.42 Å². The maximum absolute atomic E-state index is 12.9. The minimum absolute atomic E-state index is 0.150. The Bertz CT molecular complexity index is 1520. The van der Waals surface area contributed by atoms with Crippen LogP contribution >= 0.6 is 35.3 Å². The van der Waals surface area contributed by atoms with Crippen molar-refractivity contribution >= 4 is 84.1 Å². The molecule has 1 aromatic carbocycles. The molecule has 0 unspecified atom stereocenters. The number of thiocarbonyl (C=S) groups is 1. The number of thiazole rings is 1. The summed E-state index contributed by atoms with van der Waals surface area (Å²) in [5.41, 5.74) is 1.33. The Hall–Kier alpha value is -2.74. The number of carboxylic acids is 1. The molecule has 1 amide bonds. The number of allylic oxidation sites excluding steroid dienone is 1. The molecule has 0 atom stereocenters. The lowest BCUT2D eigenvalue weighted by Gasteiger charge is -2.28. The summed E-state index contributed by atoms with van der Waals surface area (Å²) in [6, 6.07) is 7.63. The van der Waals surface area contributed by atoms with E-state index in [1.165, 1.54) is 4.90 Å². The van der Waals surface area contributed by atoms with Crippen LogP contribution in [0, 0.1) is 0 Å². The van der Waals surface area contributed by atoms with Gasteiger partial charge in [-0.05, 0) is 30.7 Å². The summed E-state index contributed by atoms with van der Waals surface area (Å²) in [6.07, 6.45) is 5.10. The van der Waals surface area contributed by atoms with E-state index in [1.807, 2.05) is 29.2 Å². The number of sulfone groups is 1. The van der Waals surface area contributed by atoms with E-state index >= 15 is 0 Å². The first-order valence-electron chi connectivity index (χ1n) is 11.0. The van der Waals surface area contributed by atoms with Crippen LogP contribution in [0.25, 0.3) is 17.1 Å². The Morgan fingerprint density at radius 1 is 1.17 bits per heavy atom. The Labute approximate surface area is 220 Å². The third-order valence-electron chi connectivity index (χ3n) is 5.70. The Morgan fingerprint density at radius 2 is 1.83 bits per heavy atom. The average Bonchev–Trinajstić information content (AvgIpc) is 3.29. The maximum atomic E-state index is 12.9. The van der Waals surface area contributed by atoms with Gasteiger partial charge in [0.1, 0.15) is 20.4 Å². The molecule has 1 aromatic heterocycles. The van der Waals surface area contributed by atoms with Crippen molar-refractivity contribution in [3.05, 3.63) is 55.5 Å². The molecular weight excluding hydrogens is 543 g/mol. The average molecular weight is 566 g/mol. The number of anilines is 1. The highest BCUT2D eigenvalue weighted by Crippen LogP contribution is 2.30. The van der Waals surface area contributed by atoms with Gasteiger partial charge >= 0.3 is 5.97 Å². The van der Waals surface area contributed by atoms with E-state index in [0.717, 1.165) is 38.9 Å². The van der Waals surface area contributed by atoms with Crippen LogP contribution in [0.3, 0.4) is 0 Å². The van der Waals surface area contributed by atoms with Crippen molar-refractivity contribution in [2.45, 2.75) is 13.5 Å². The van der Waals surface area contributed by atoms with E-state index in [2.05, 4.69) is 0 Å².